The monoisotopic (exact) mass is 398 g/mol. The molecule has 0 saturated carbocycles. The van der Waals surface area contributed by atoms with Crippen LogP contribution in [0, 0.1) is 5.92 Å². The van der Waals surface area contributed by atoms with Gasteiger partial charge in [0.2, 0.25) is 0 Å². The van der Waals surface area contributed by atoms with E-state index < -0.39 is 6.04 Å². The molecule has 2 heterocycles. The molecule has 3 aromatic rings. The molecule has 2 aromatic carbocycles. The minimum atomic E-state index is -0.626. The van der Waals surface area contributed by atoms with Gasteiger partial charge in [0.1, 0.15) is 11.8 Å². The Kier molecular flexibility index (Phi) is 4.51. The van der Waals surface area contributed by atoms with Gasteiger partial charge < -0.3 is 9.73 Å². The Labute approximate surface area is 175 Å². The number of furan rings is 1. The summed E-state index contributed by atoms with van der Waals surface area (Å²) in [5, 5.41) is 3.47. The van der Waals surface area contributed by atoms with Gasteiger partial charge in [0.05, 0.1) is 17.6 Å². The number of anilines is 2. The lowest BCUT2D eigenvalue weighted by molar-refractivity contribution is -0.117. The fourth-order valence-electron chi connectivity index (χ4n) is 4.44. The number of ketones is 1. The van der Waals surface area contributed by atoms with Gasteiger partial charge >= 0.3 is 0 Å². The van der Waals surface area contributed by atoms with E-state index in [9.17, 15) is 9.59 Å². The summed E-state index contributed by atoms with van der Waals surface area (Å²) >= 11 is 0. The van der Waals surface area contributed by atoms with Crippen LogP contribution in [-0.4, -0.2) is 11.7 Å². The minimum absolute atomic E-state index is 0.0521. The van der Waals surface area contributed by atoms with E-state index in [-0.39, 0.29) is 17.6 Å². The second kappa shape index (κ2) is 7.34. The van der Waals surface area contributed by atoms with Crippen LogP contribution in [-0.2, 0) is 4.79 Å². The topological polar surface area (TPSA) is 62.6 Å². The number of hydrogen-bond acceptors (Lipinski definition) is 4. The number of allylic oxidation sites excluding steroid dienone is 1. The Morgan fingerprint density at radius 1 is 1.00 bits per heavy atom. The van der Waals surface area contributed by atoms with Gasteiger partial charge in [-0.1, -0.05) is 37.3 Å². The number of carbonyl (C=O) groups excluding carboxylic acids is 2. The van der Waals surface area contributed by atoms with Crippen molar-refractivity contribution in [2.75, 3.05) is 10.2 Å². The Bertz CT molecular complexity index is 1130. The number of nitrogens with one attached hydrogen (secondary N) is 1. The van der Waals surface area contributed by atoms with Crippen LogP contribution in [0.3, 0.4) is 0 Å². The van der Waals surface area contributed by atoms with Gasteiger partial charge in [0, 0.05) is 23.3 Å². The second-order valence-corrected chi connectivity index (χ2v) is 7.93. The van der Waals surface area contributed by atoms with E-state index in [0.29, 0.717) is 23.3 Å². The molecule has 0 spiro atoms. The Hall–Kier alpha value is -3.60. The predicted molar refractivity (Wildman–Crippen MR) is 115 cm³/mol. The van der Waals surface area contributed by atoms with Crippen LogP contribution in [0.2, 0.25) is 0 Å². The zero-order valence-corrected chi connectivity index (χ0v) is 16.7. The molecule has 0 fully saturated rings. The van der Waals surface area contributed by atoms with E-state index in [1.807, 2.05) is 48.5 Å². The largest absolute Gasteiger partial charge is 0.467 e. The average Bonchev–Trinajstić information content (AvgIpc) is 3.23. The summed E-state index contributed by atoms with van der Waals surface area (Å²) in [6, 6.07) is 19.8. The number of nitrogens with zero attached hydrogens (tertiary/aromatic N) is 1. The van der Waals surface area contributed by atoms with Gasteiger partial charge in [0.25, 0.3) is 5.91 Å². The highest BCUT2D eigenvalue weighted by Crippen LogP contribution is 2.46. The molecular formula is C25H22N2O3. The molecule has 2 atom stereocenters. The molecule has 1 N–H and O–H groups in total. The molecule has 0 bridgehead atoms. The molecule has 1 amide bonds. The first-order valence-electron chi connectivity index (χ1n) is 10.2. The molecule has 1 aliphatic heterocycles. The maximum Gasteiger partial charge on any atom is 0.259 e. The van der Waals surface area contributed by atoms with Gasteiger partial charge in [-0.05, 0) is 48.7 Å². The van der Waals surface area contributed by atoms with E-state index >= 15 is 0 Å². The first-order valence-corrected chi connectivity index (χ1v) is 10.2. The van der Waals surface area contributed by atoms with Crippen LogP contribution in [0.4, 0.5) is 11.4 Å². The molecule has 5 rings (SSSR count). The lowest BCUT2D eigenvalue weighted by Gasteiger charge is -2.33. The molecule has 0 radical (unpaired) electrons. The summed E-state index contributed by atoms with van der Waals surface area (Å²) in [5.41, 5.74) is 3.58. The van der Waals surface area contributed by atoms with Gasteiger partial charge in [-0.3, -0.25) is 14.5 Å². The third kappa shape index (κ3) is 3.03. The Balaban J connectivity index is 1.77. The van der Waals surface area contributed by atoms with Gasteiger partial charge in [0.15, 0.2) is 5.78 Å². The van der Waals surface area contributed by atoms with Crippen molar-refractivity contribution in [3.8, 4) is 0 Å². The molecule has 30 heavy (non-hydrogen) atoms. The minimum Gasteiger partial charge on any atom is -0.467 e. The molecule has 5 nitrogen and oxygen atoms in total. The highest BCUT2D eigenvalue weighted by atomic mass is 16.3. The zero-order chi connectivity index (χ0) is 20.7. The second-order valence-electron chi connectivity index (χ2n) is 7.93. The van der Waals surface area contributed by atoms with Crippen molar-refractivity contribution in [3.05, 3.63) is 95.6 Å². The number of Topliss-reactive ketones (excluding diaryl/α,β-unsaturated/α-hetero) is 1. The van der Waals surface area contributed by atoms with Crippen molar-refractivity contribution in [1.29, 1.82) is 0 Å². The number of benzene rings is 2. The molecular weight excluding hydrogens is 376 g/mol. The van der Waals surface area contributed by atoms with Crippen LogP contribution in [0.15, 0.2) is 88.7 Å². The number of hydrogen-bond donors (Lipinski definition) is 1. The molecule has 150 valence electrons. The first-order chi connectivity index (χ1) is 14.6. The van der Waals surface area contributed by atoms with Crippen molar-refractivity contribution in [2.45, 2.75) is 25.8 Å². The fraction of sp³-hybridized carbons (Fsp3) is 0.200. The lowest BCUT2D eigenvalue weighted by atomic mass is 9.83. The smallest absolute Gasteiger partial charge is 0.259 e. The summed E-state index contributed by atoms with van der Waals surface area (Å²) in [7, 11) is 0. The lowest BCUT2D eigenvalue weighted by Crippen LogP contribution is -2.38. The number of fused-ring (bicyclic) bond motifs is 1. The van der Waals surface area contributed by atoms with Gasteiger partial charge in [-0.15, -0.1) is 0 Å². The number of carbonyl (C=O) groups is 2. The third-order valence-corrected chi connectivity index (χ3v) is 5.74. The maximum absolute atomic E-state index is 13.8. The van der Waals surface area contributed by atoms with Gasteiger partial charge in [-0.2, -0.15) is 0 Å². The highest BCUT2D eigenvalue weighted by molar-refractivity contribution is 6.11. The molecule has 1 aliphatic carbocycles. The number of rotatable bonds is 2. The average molecular weight is 398 g/mol. The first kappa shape index (κ1) is 18.4. The molecule has 1 aromatic heterocycles. The number of amides is 1. The predicted octanol–water partition coefficient (Wildman–Crippen LogP) is 5.35. The van der Waals surface area contributed by atoms with Gasteiger partial charge in [-0.25, -0.2) is 0 Å². The van der Waals surface area contributed by atoms with E-state index in [2.05, 4.69) is 12.2 Å². The van der Waals surface area contributed by atoms with E-state index in [1.165, 1.54) is 0 Å². The summed E-state index contributed by atoms with van der Waals surface area (Å²) < 4.78 is 5.78. The number of para-hydroxylation sites is 2. The Morgan fingerprint density at radius 2 is 1.77 bits per heavy atom. The van der Waals surface area contributed by atoms with Crippen molar-refractivity contribution >= 4 is 23.1 Å². The van der Waals surface area contributed by atoms with Crippen LogP contribution in [0.1, 0.15) is 41.9 Å². The van der Waals surface area contributed by atoms with Crippen molar-refractivity contribution in [2.24, 2.45) is 5.92 Å². The SMILES string of the molecule is CC1CC(=O)C2=C(C1)Nc1ccccc1N(C(=O)c1ccccc1)C2c1ccco1. The molecule has 2 unspecified atom stereocenters. The van der Waals surface area contributed by atoms with Crippen molar-refractivity contribution in [1.82, 2.24) is 0 Å². The van der Waals surface area contributed by atoms with Crippen molar-refractivity contribution < 1.29 is 14.0 Å². The Morgan fingerprint density at radius 3 is 2.53 bits per heavy atom. The van der Waals surface area contributed by atoms with E-state index in [0.717, 1.165) is 23.5 Å². The summed E-state index contributed by atoms with van der Waals surface area (Å²) in [5.74, 6) is 0.695. The zero-order valence-electron chi connectivity index (χ0n) is 16.7. The molecule has 2 aliphatic rings. The van der Waals surface area contributed by atoms with E-state index in [4.69, 9.17) is 4.42 Å². The summed E-state index contributed by atoms with van der Waals surface area (Å²) in [6.07, 6.45) is 2.79. The third-order valence-electron chi connectivity index (χ3n) is 5.74. The van der Waals surface area contributed by atoms with E-state index in [1.54, 1.807) is 29.4 Å². The fourth-order valence-corrected chi connectivity index (χ4v) is 4.44. The maximum atomic E-state index is 13.8. The summed E-state index contributed by atoms with van der Waals surface area (Å²) in [6.45, 7) is 2.08. The standard InChI is InChI=1S/C25H22N2O3/c1-16-14-19-23(21(28)15-16)24(22-12-7-13-30-22)27(20-11-6-5-10-18(20)26-19)25(29)17-8-3-2-4-9-17/h2-13,16,24,26H,14-15H2,1H3. The van der Waals surface area contributed by atoms with Crippen LogP contribution < -0.4 is 10.2 Å². The van der Waals surface area contributed by atoms with Crippen LogP contribution in [0.25, 0.3) is 0 Å². The van der Waals surface area contributed by atoms with Crippen molar-refractivity contribution in [3.63, 3.8) is 0 Å². The quantitative estimate of drug-likeness (QED) is 0.632. The summed E-state index contributed by atoms with van der Waals surface area (Å²) in [4.78, 5) is 28.8. The van der Waals surface area contributed by atoms with Crippen LogP contribution in [0.5, 0.6) is 0 Å². The molecule has 0 saturated heterocycles. The van der Waals surface area contributed by atoms with Crippen LogP contribution >= 0.6 is 0 Å². The molecule has 5 heteroatoms. The highest BCUT2D eigenvalue weighted by Gasteiger charge is 2.42. The normalized spacial score (nSPS) is 20.8.